The number of hydrogen-bond acceptors (Lipinski definition) is 2. The predicted octanol–water partition coefficient (Wildman–Crippen LogP) is 4.18. The molecule has 0 saturated carbocycles. The van der Waals surface area contributed by atoms with Crippen LogP contribution in [0.3, 0.4) is 0 Å². The topological polar surface area (TPSA) is 81.0 Å². The fourth-order valence-electron chi connectivity index (χ4n) is 4.08. The number of fused-ring (bicyclic) bond motifs is 2. The van der Waals surface area contributed by atoms with Gasteiger partial charge in [-0.2, -0.15) is 0 Å². The maximum atomic E-state index is 12.7. The van der Waals surface area contributed by atoms with E-state index in [1.54, 1.807) is 11.9 Å². The zero-order chi connectivity index (χ0) is 22.5. The van der Waals surface area contributed by atoms with Gasteiger partial charge in [-0.15, -0.1) is 0 Å². The molecule has 2 aromatic carbocycles. The molecule has 6 heteroatoms. The minimum atomic E-state index is -0.0671. The van der Waals surface area contributed by atoms with E-state index in [0.29, 0.717) is 32.2 Å². The highest BCUT2D eigenvalue weighted by Crippen LogP contribution is 2.20. The van der Waals surface area contributed by atoms with Gasteiger partial charge in [-0.25, -0.2) is 0 Å². The van der Waals surface area contributed by atoms with Gasteiger partial charge in [-0.1, -0.05) is 36.4 Å². The first kappa shape index (κ1) is 21.7. The number of hydrogen-bond donors (Lipinski definition) is 3. The van der Waals surface area contributed by atoms with Crippen molar-refractivity contribution in [1.82, 2.24) is 20.2 Å². The fraction of sp³-hybridized carbons (Fsp3) is 0.308. The maximum Gasteiger partial charge on any atom is 0.222 e. The second-order valence-corrected chi connectivity index (χ2v) is 8.38. The highest BCUT2D eigenvalue weighted by molar-refractivity contribution is 5.85. The van der Waals surface area contributed by atoms with Crippen molar-refractivity contribution >= 4 is 33.6 Å². The van der Waals surface area contributed by atoms with Crippen molar-refractivity contribution in [3.8, 4) is 0 Å². The molecule has 0 saturated heterocycles. The Hall–Kier alpha value is -3.54. The van der Waals surface area contributed by atoms with Gasteiger partial charge in [0, 0.05) is 66.7 Å². The van der Waals surface area contributed by atoms with Gasteiger partial charge in [0.15, 0.2) is 0 Å². The Kier molecular flexibility index (Phi) is 6.59. The molecule has 1 atom stereocenters. The number of H-pyrrole nitrogens is 2. The Morgan fingerprint density at radius 1 is 0.875 bits per heavy atom. The number of aromatic nitrogens is 2. The fourth-order valence-corrected chi connectivity index (χ4v) is 4.08. The van der Waals surface area contributed by atoms with E-state index >= 15 is 0 Å². The minimum absolute atomic E-state index is 0.00164. The largest absolute Gasteiger partial charge is 0.361 e. The third-order valence-electron chi connectivity index (χ3n) is 6.23. The summed E-state index contributed by atoms with van der Waals surface area (Å²) in [6.45, 7) is 2.41. The number of aromatic amines is 2. The van der Waals surface area contributed by atoms with Crippen molar-refractivity contribution in [2.75, 3.05) is 13.6 Å². The second kappa shape index (κ2) is 9.73. The lowest BCUT2D eigenvalue weighted by molar-refractivity contribution is -0.132. The molecule has 4 rings (SSSR count). The molecule has 6 nitrogen and oxygen atoms in total. The van der Waals surface area contributed by atoms with Gasteiger partial charge < -0.3 is 20.2 Å². The molecule has 0 unspecified atom stereocenters. The molecule has 4 aromatic rings. The van der Waals surface area contributed by atoms with E-state index in [0.717, 1.165) is 27.5 Å². The quantitative estimate of drug-likeness (QED) is 0.372. The minimum Gasteiger partial charge on any atom is -0.361 e. The molecular formula is C26H30N4O2. The third kappa shape index (κ3) is 4.85. The predicted molar refractivity (Wildman–Crippen MR) is 128 cm³/mol. The highest BCUT2D eigenvalue weighted by atomic mass is 16.2. The van der Waals surface area contributed by atoms with Gasteiger partial charge in [0.05, 0.1) is 0 Å². The zero-order valence-electron chi connectivity index (χ0n) is 18.7. The molecule has 0 aliphatic heterocycles. The molecule has 0 aliphatic rings. The van der Waals surface area contributed by atoms with Crippen LogP contribution in [-0.2, 0) is 22.4 Å². The molecule has 3 N–H and O–H groups in total. The lowest BCUT2D eigenvalue weighted by Crippen LogP contribution is -2.43. The molecule has 166 valence electrons. The summed E-state index contributed by atoms with van der Waals surface area (Å²) in [6.07, 6.45) is 6.19. The van der Waals surface area contributed by atoms with Crippen molar-refractivity contribution in [2.45, 2.75) is 38.6 Å². The average Bonchev–Trinajstić information content (AvgIpc) is 3.43. The molecule has 0 aliphatic carbocycles. The van der Waals surface area contributed by atoms with Crippen molar-refractivity contribution in [3.05, 3.63) is 72.1 Å². The Bertz CT molecular complexity index is 1220. The second-order valence-electron chi connectivity index (χ2n) is 8.38. The van der Waals surface area contributed by atoms with Crippen LogP contribution in [0, 0.1) is 0 Å². The number of amides is 2. The SMILES string of the molecule is C[C@@H](CNC(=O)CCc1c[nH]c2ccccc12)N(C)C(=O)CCc1c[nH]c2ccccc12. The molecule has 0 radical (unpaired) electrons. The van der Waals surface area contributed by atoms with E-state index in [2.05, 4.69) is 27.4 Å². The number of nitrogens with zero attached hydrogens (tertiary/aromatic N) is 1. The van der Waals surface area contributed by atoms with Crippen LogP contribution in [0.15, 0.2) is 60.9 Å². The van der Waals surface area contributed by atoms with Gasteiger partial charge in [-0.3, -0.25) is 9.59 Å². The maximum absolute atomic E-state index is 12.7. The molecule has 0 fully saturated rings. The van der Waals surface area contributed by atoms with Gasteiger partial charge >= 0.3 is 0 Å². The smallest absolute Gasteiger partial charge is 0.222 e. The molecular weight excluding hydrogens is 400 g/mol. The molecule has 32 heavy (non-hydrogen) atoms. The van der Waals surface area contributed by atoms with E-state index in [9.17, 15) is 9.59 Å². The Balaban J connectivity index is 1.21. The molecule has 2 aromatic heterocycles. The Labute approximate surface area is 188 Å². The summed E-state index contributed by atoms with van der Waals surface area (Å²) in [4.78, 5) is 33.2. The zero-order valence-corrected chi connectivity index (χ0v) is 18.7. The van der Waals surface area contributed by atoms with E-state index < -0.39 is 0 Å². The first-order chi connectivity index (χ1) is 15.5. The Morgan fingerprint density at radius 3 is 2.00 bits per heavy atom. The summed E-state index contributed by atoms with van der Waals surface area (Å²) in [5.74, 6) is 0.0811. The molecule has 0 bridgehead atoms. The van der Waals surface area contributed by atoms with Crippen LogP contribution in [0.1, 0.15) is 30.9 Å². The number of likely N-dealkylation sites (N-methyl/N-ethyl adjacent to an activating group) is 1. The van der Waals surface area contributed by atoms with Crippen LogP contribution in [0.2, 0.25) is 0 Å². The number of nitrogens with one attached hydrogen (secondary N) is 3. The van der Waals surface area contributed by atoms with Crippen LogP contribution in [0.25, 0.3) is 21.8 Å². The van der Waals surface area contributed by atoms with Gasteiger partial charge in [0.1, 0.15) is 0 Å². The van der Waals surface area contributed by atoms with Crippen molar-refractivity contribution in [1.29, 1.82) is 0 Å². The monoisotopic (exact) mass is 430 g/mol. The summed E-state index contributed by atoms with van der Waals surface area (Å²) < 4.78 is 0. The average molecular weight is 431 g/mol. The summed E-state index contributed by atoms with van der Waals surface area (Å²) >= 11 is 0. The summed E-state index contributed by atoms with van der Waals surface area (Å²) in [5.41, 5.74) is 4.48. The number of para-hydroxylation sites is 2. The first-order valence-electron chi connectivity index (χ1n) is 11.2. The number of aryl methyl sites for hydroxylation is 2. The molecule has 2 heterocycles. The third-order valence-corrected chi connectivity index (χ3v) is 6.23. The Morgan fingerprint density at radius 2 is 1.41 bits per heavy atom. The van der Waals surface area contributed by atoms with Gasteiger partial charge in [0.25, 0.3) is 0 Å². The van der Waals surface area contributed by atoms with E-state index in [1.165, 1.54) is 5.39 Å². The normalized spacial score (nSPS) is 12.2. The van der Waals surface area contributed by atoms with Crippen LogP contribution in [-0.4, -0.2) is 46.3 Å². The van der Waals surface area contributed by atoms with Crippen molar-refractivity contribution in [3.63, 3.8) is 0 Å². The van der Waals surface area contributed by atoms with Crippen LogP contribution < -0.4 is 5.32 Å². The number of rotatable bonds is 9. The lowest BCUT2D eigenvalue weighted by atomic mass is 10.1. The van der Waals surface area contributed by atoms with Gasteiger partial charge in [-0.05, 0) is 43.0 Å². The van der Waals surface area contributed by atoms with Crippen LogP contribution in [0.4, 0.5) is 0 Å². The standard InChI is InChI=1S/C26H30N4O2/c1-18(15-29-25(31)13-11-19-16-27-23-9-5-3-7-21(19)23)30(2)26(32)14-12-20-17-28-24-10-6-4-8-22(20)24/h3-10,16-18,27-28H,11-15H2,1-2H3,(H,29,31)/t18-/m0/s1. The molecule has 0 spiro atoms. The van der Waals surface area contributed by atoms with E-state index in [1.807, 2.05) is 55.7 Å². The number of carbonyl (C=O) groups is 2. The van der Waals surface area contributed by atoms with Crippen molar-refractivity contribution < 1.29 is 9.59 Å². The number of carbonyl (C=O) groups excluding carboxylic acids is 2. The van der Waals surface area contributed by atoms with E-state index in [-0.39, 0.29) is 17.9 Å². The van der Waals surface area contributed by atoms with Crippen molar-refractivity contribution in [2.24, 2.45) is 0 Å². The summed E-state index contributed by atoms with van der Waals surface area (Å²) in [7, 11) is 1.81. The van der Waals surface area contributed by atoms with Crippen LogP contribution >= 0.6 is 0 Å². The molecule has 2 amide bonds. The summed E-state index contributed by atoms with van der Waals surface area (Å²) in [6, 6.07) is 16.2. The van der Waals surface area contributed by atoms with Crippen LogP contribution in [0.5, 0.6) is 0 Å². The van der Waals surface area contributed by atoms with Gasteiger partial charge in [0.2, 0.25) is 11.8 Å². The highest BCUT2D eigenvalue weighted by Gasteiger charge is 2.17. The number of benzene rings is 2. The van der Waals surface area contributed by atoms with E-state index in [4.69, 9.17) is 0 Å². The lowest BCUT2D eigenvalue weighted by Gasteiger charge is -2.25. The summed E-state index contributed by atoms with van der Waals surface area (Å²) in [5, 5.41) is 5.30. The first-order valence-corrected chi connectivity index (χ1v) is 11.2.